The van der Waals surface area contributed by atoms with Gasteiger partial charge in [-0.25, -0.2) is 18.4 Å². The van der Waals surface area contributed by atoms with Crippen LogP contribution >= 0.6 is 11.3 Å². The monoisotopic (exact) mass is 520 g/mol. The zero-order valence-corrected chi connectivity index (χ0v) is 21.2. The van der Waals surface area contributed by atoms with Gasteiger partial charge in [-0.05, 0) is 35.6 Å². The number of hydrogen-bond acceptors (Lipinski definition) is 7. The van der Waals surface area contributed by atoms with Crippen molar-refractivity contribution in [3.05, 3.63) is 82.6 Å². The predicted molar refractivity (Wildman–Crippen MR) is 138 cm³/mol. The summed E-state index contributed by atoms with van der Waals surface area (Å²) in [5, 5.41) is 4.33. The van der Waals surface area contributed by atoms with E-state index in [1.165, 1.54) is 13.1 Å². The number of hydrogen-bond donors (Lipinski definition) is 2. The maximum atomic E-state index is 13.4. The lowest BCUT2D eigenvalue weighted by Crippen LogP contribution is -2.26. The van der Waals surface area contributed by atoms with E-state index >= 15 is 0 Å². The Labute approximate surface area is 212 Å². The van der Waals surface area contributed by atoms with Crippen LogP contribution in [0, 0.1) is 5.92 Å². The fourth-order valence-electron chi connectivity index (χ4n) is 4.73. The van der Waals surface area contributed by atoms with Gasteiger partial charge in [0.1, 0.15) is 5.82 Å². The molecule has 1 unspecified atom stereocenters. The molecule has 0 aliphatic heterocycles. The molecule has 3 aromatic heterocycles. The number of nitrogens with zero attached hydrogens (tertiary/aromatic N) is 2. The van der Waals surface area contributed by atoms with Crippen LogP contribution in [-0.4, -0.2) is 40.8 Å². The molecule has 0 fully saturated rings. The van der Waals surface area contributed by atoms with Crippen LogP contribution in [0.4, 0.5) is 5.82 Å². The summed E-state index contributed by atoms with van der Waals surface area (Å²) in [6.07, 6.45) is 4.21. The highest BCUT2D eigenvalue weighted by Gasteiger charge is 2.34. The number of aromatic amines is 1. The second kappa shape index (κ2) is 9.79. The molecule has 0 bridgehead atoms. The third-order valence-corrected chi connectivity index (χ3v) is 9.30. The predicted octanol–water partition coefficient (Wildman–Crippen LogP) is 4.30. The molecule has 2 N–H and O–H groups in total. The number of aromatic nitrogens is 3. The van der Waals surface area contributed by atoms with Gasteiger partial charge in [0.2, 0.25) is 20.1 Å². The normalized spacial score (nSPS) is 15.5. The quantitative estimate of drug-likeness (QED) is 0.375. The number of ketones is 1. The second-order valence-corrected chi connectivity index (χ2v) is 12.0. The van der Waals surface area contributed by atoms with Gasteiger partial charge in [-0.15, -0.1) is 11.3 Å². The van der Waals surface area contributed by atoms with Crippen molar-refractivity contribution in [2.24, 2.45) is 5.92 Å². The van der Waals surface area contributed by atoms with E-state index in [-0.39, 0.29) is 34.1 Å². The number of carbonyl (C=O) groups is 2. The Morgan fingerprint density at radius 3 is 2.67 bits per heavy atom. The van der Waals surface area contributed by atoms with Crippen molar-refractivity contribution in [1.82, 2.24) is 15.0 Å². The highest BCUT2D eigenvalue weighted by Crippen LogP contribution is 2.37. The zero-order valence-electron chi connectivity index (χ0n) is 19.5. The van der Waals surface area contributed by atoms with E-state index in [4.69, 9.17) is 0 Å². The number of H-pyrrole nitrogens is 1. The summed E-state index contributed by atoms with van der Waals surface area (Å²) in [6.45, 7) is 1.42. The van der Waals surface area contributed by atoms with Crippen LogP contribution in [0.1, 0.15) is 40.5 Å². The molecule has 0 radical (unpaired) electrons. The van der Waals surface area contributed by atoms with Gasteiger partial charge in [0.15, 0.2) is 5.78 Å². The Morgan fingerprint density at radius 1 is 1.14 bits per heavy atom. The summed E-state index contributed by atoms with van der Waals surface area (Å²) in [7, 11) is -3.57. The fraction of sp³-hybridized carbons (Fsp3) is 0.231. The van der Waals surface area contributed by atoms with E-state index in [9.17, 15) is 18.0 Å². The van der Waals surface area contributed by atoms with Crippen molar-refractivity contribution in [3.8, 4) is 11.3 Å². The van der Waals surface area contributed by atoms with Crippen LogP contribution in [0.2, 0.25) is 0 Å². The summed E-state index contributed by atoms with van der Waals surface area (Å²) in [5.74, 6) is -0.357. The second-order valence-electron chi connectivity index (χ2n) is 8.88. The van der Waals surface area contributed by atoms with Crippen LogP contribution in [0.3, 0.4) is 0 Å². The van der Waals surface area contributed by atoms with Crippen molar-refractivity contribution < 1.29 is 18.0 Å². The third kappa shape index (κ3) is 5.00. The highest BCUT2D eigenvalue weighted by atomic mass is 32.2. The van der Waals surface area contributed by atoms with Crippen molar-refractivity contribution in [2.45, 2.75) is 30.5 Å². The van der Waals surface area contributed by atoms with Crippen LogP contribution in [0.25, 0.3) is 11.3 Å². The lowest BCUT2D eigenvalue weighted by molar-refractivity contribution is -0.114. The first-order chi connectivity index (χ1) is 17.3. The molecule has 4 aromatic rings. The summed E-state index contributed by atoms with van der Waals surface area (Å²) >= 11 is 1.09. The summed E-state index contributed by atoms with van der Waals surface area (Å²) in [6, 6.07) is 13.5. The minimum absolute atomic E-state index is 0.0693. The van der Waals surface area contributed by atoms with Gasteiger partial charge in [0.25, 0.3) is 0 Å². The smallest absolute Gasteiger partial charge is 0.222 e. The van der Waals surface area contributed by atoms with Gasteiger partial charge in [-0.2, -0.15) is 0 Å². The number of fused-ring (bicyclic) bond motifs is 1. The number of benzene rings is 1. The summed E-state index contributed by atoms with van der Waals surface area (Å²) in [5.41, 5.74) is 4.85. The first-order valence-electron chi connectivity index (χ1n) is 11.5. The largest absolute Gasteiger partial charge is 0.358 e. The number of sulfone groups is 1. The number of Topliss-reactive ketones (excluding diaryl/α,β-unsaturated/α-hetero) is 1. The standard InChI is InChI=1S/C26H24N4O4S2/c1-16(31)29-23-14-19(7-8-27-23)25-20(11-17-5-3-2-4-6-17)24-21(30-25)12-18(13-22(24)32)15-36(33,34)26-28-9-10-35-26/h2-10,14,18,30H,11-13,15H2,1H3,(H,27,29,31). The van der Waals surface area contributed by atoms with Gasteiger partial charge in [0, 0.05) is 54.4 Å². The van der Waals surface area contributed by atoms with Crippen molar-refractivity contribution in [2.75, 3.05) is 11.1 Å². The van der Waals surface area contributed by atoms with Crippen LogP contribution < -0.4 is 5.32 Å². The van der Waals surface area contributed by atoms with E-state index in [1.807, 2.05) is 36.4 Å². The third-order valence-electron chi connectivity index (χ3n) is 6.13. The van der Waals surface area contributed by atoms with Gasteiger partial charge in [-0.3, -0.25) is 9.59 Å². The molecule has 3 heterocycles. The maximum Gasteiger partial charge on any atom is 0.222 e. The molecule has 1 amide bonds. The molecule has 10 heteroatoms. The molecule has 1 aliphatic rings. The molecule has 1 aromatic carbocycles. The Bertz CT molecular complexity index is 1530. The SMILES string of the molecule is CC(=O)Nc1cc(-c2[nH]c3c(c2Cc2ccccc2)C(=O)CC(CS(=O)(=O)c2nccs2)C3)ccn1. The Balaban J connectivity index is 1.54. The van der Waals surface area contributed by atoms with E-state index in [0.29, 0.717) is 24.2 Å². The molecule has 0 spiro atoms. The molecule has 184 valence electrons. The summed E-state index contributed by atoms with van der Waals surface area (Å²) in [4.78, 5) is 36.6. The molecule has 0 saturated carbocycles. The maximum absolute atomic E-state index is 13.4. The van der Waals surface area contributed by atoms with E-state index in [2.05, 4.69) is 20.3 Å². The molecule has 8 nitrogen and oxygen atoms in total. The average molecular weight is 521 g/mol. The number of thiazole rings is 1. The molecular formula is C26H24N4O4S2. The summed E-state index contributed by atoms with van der Waals surface area (Å²) < 4.78 is 25.7. The number of nitrogens with one attached hydrogen (secondary N) is 2. The minimum atomic E-state index is -3.57. The van der Waals surface area contributed by atoms with Crippen LogP contribution in [0.5, 0.6) is 0 Å². The Kier molecular flexibility index (Phi) is 6.55. The average Bonchev–Trinajstić information content (AvgIpc) is 3.49. The minimum Gasteiger partial charge on any atom is -0.358 e. The van der Waals surface area contributed by atoms with E-state index in [1.54, 1.807) is 17.6 Å². The van der Waals surface area contributed by atoms with Gasteiger partial charge in [0.05, 0.1) is 11.4 Å². The number of carbonyl (C=O) groups excluding carboxylic acids is 2. The molecule has 1 atom stereocenters. The molecule has 0 saturated heterocycles. The Hall–Kier alpha value is -3.63. The van der Waals surface area contributed by atoms with Gasteiger partial charge in [-0.1, -0.05) is 30.3 Å². The topological polar surface area (TPSA) is 122 Å². The van der Waals surface area contributed by atoms with Crippen molar-refractivity contribution in [1.29, 1.82) is 0 Å². The molecule has 5 rings (SSSR count). The van der Waals surface area contributed by atoms with Crippen molar-refractivity contribution in [3.63, 3.8) is 0 Å². The first-order valence-corrected chi connectivity index (χ1v) is 14.0. The van der Waals surface area contributed by atoms with Crippen LogP contribution in [-0.2, 0) is 27.5 Å². The molecular weight excluding hydrogens is 496 g/mol. The molecule has 36 heavy (non-hydrogen) atoms. The molecule has 1 aliphatic carbocycles. The number of amides is 1. The lowest BCUT2D eigenvalue weighted by atomic mass is 9.84. The van der Waals surface area contributed by atoms with E-state index < -0.39 is 9.84 Å². The zero-order chi connectivity index (χ0) is 25.3. The van der Waals surface area contributed by atoms with Gasteiger partial charge >= 0.3 is 0 Å². The highest BCUT2D eigenvalue weighted by molar-refractivity contribution is 7.93. The lowest BCUT2D eigenvalue weighted by Gasteiger charge is -2.21. The Morgan fingerprint density at radius 2 is 1.94 bits per heavy atom. The van der Waals surface area contributed by atoms with Crippen LogP contribution in [0.15, 0.2) is 64.6 Å². The first kappa shape index (κ1) is 24.1. The van der Waals surface area contributed by atoms with Crippen molar-refractivity contribution >= 4 is 38.7 Å². The van der Waals surface area contributed by atoms with Gasteiger partial charge < -0.3 is 10.3 Å². The number of anilines is 1. The van der Waals surface area contributed by atoms with E-state index in [0.717, 1.165) is 39.4 Å². The number of pyridine rings is 1. The fourth-order valence-corrected chi connectivity index (χ4v) is 7.27. The number of rotatable bonds is 7.